The van der Waals surface area contributed by atoms with Crippen molar-refractivity contribution in [1.29, 1.82) is 0 Å². The third kappa shape index (κ3) is 4.15. The van der Waals surface area contributed by atoms with E-state index >= 15 is 0 Å². The Labute approximate surface area is 118 Å². The highest BCUT2D eigenvalue weighted by atomic mass is 79.9. The van der Waals surface area contributed by atoms with E-state index < -0.39 is 33.3 Å². The van der Waals surface area contributed by atoms with Crippen LogP contribution in [-0.2, 0) is 19.6 Å². The number of nitrogens with two attached hydrogens (primary N) is 1. The average molecular weight is 355 g/mol. The Bertz CT molecular complexity index is 591. The Morgan fingerprint density at radius 1 is 1.53 bits per heavy atom. The summed E-state index contributed by atoms with van der Waals surface area (Å²) in [5.74, 6) is -1.73. The number of nitrogen functional groups attached to an aromatic ring is 1. The summed E-state index contributed by atoms with van der Waals surface area (Å²) in [4.78, 5) is 10.4. The van der Waals surface area contributed by atoms with Crippen LogP contribution >= 0.6 is 15.9 Å². The maximum Gasteiger partial charge on any atom is 0.321 e. The molecular weight excluding hydrogens is 343 g/mol. The lowest BCUT2D eigenvalue weighted by Crippen LogP contribution is -2.31. The second kappa shape index (κ2) is 6.31. The molecule has 0 amide bonds. The quantitative estimate of drug-likeness (QED) is 0.607. The highest BCUT2D eigenvalue weighted by Gasteiger charge is 2.21. The number of sulfonamides is 1. The highest BCUT2D eigenvalue weighted by Crippen LogP contribution is 2.25. The minimum absolute atomic E-state index is 0.0675. The van der Waals surface area contributed by atoms with E-state index in [0.29, 0.717) is 0 Å². The SMILES string of the molecule is CCOC(=O)CNS(=O)(=O)c1cc(N)c(Br)cc1F. The van der Waals surface area contributed by atoms with Gasteiger partial charge in [0.2, 0.25) is 10.0 Å². The van der Waals surface area contributed by atoms with E-state index in [-0.39, 0.29) is 16.8 Å². The zero-order valence-electron chi connectivity index (χ0n) is 9.94. The molecule has 19 heavy (non-hydrogen) atoms. The minimum Gasteiger partial charge on any atom is -0.465 e. The lowest BCUT2D eigenvalue weighted by Gasteiger charge is -2.09. The number of hydrogen-bond donors (Lipinski definition) is 2. The first-order chi connectivity index (χ1) is 8.77. The molecule has 0 spiro atoms. The molecule has 1 rings (SSSR count). The Kier molecular flexibility index (Phi) is 5.27. The molecule has 0 aliphatic rings. The zero-order valence-corrected chi connectivity index (χ0v) is 12.3. The summed E-state index contributed by atoms with van der Waals surface area (Å²) in [6.07, 6.45) is 0. The number of benzene rings is 1. The van der Waals surface area contributed by atoms with Crippen LogP contribution in [0.1, 0.15) is 6.92 Å². The van der Waals surface area contributed by atoms with Gasteiger partial charge < -0.3 is 10.5 Å². The number of carbonyl (C=O) groups excluding carboxylic acids is 1. The van der Waals surface area contributed by atoms with E-state index in [9.17, 15) is 17.6 Å². The van der Waals surface area contributed by atoms with Gasteiger partial charge >= 0.3 is 5.97 Å². The lowest BCUT2D eigenvalue weighted by molar-refractivity contribution is -0.141. The molecule has 0 saturated carbocycles. The van der Waals surface area contributed by atoms with Crippen molar-refractivity contribution < 1.29 is 22.3 Å². The Balaban J connectivity index is 2.95. The molecule has 0 aliphatic carbocycles. The van der Waals surface area contributed by atoms with Crippen molar-refractivity contribution in [3.8, 4) is 0 Å². The molecule has 0 unspecified atom stereocenters. The van der Waals surface area contributed by atoms with Gasteiger partial charge in [0.25, 0.3) is 0 Å². The molecule has 0 fully saturated rings. The number of hydrogen-bond acceptors (Lipinski definition) is 5. The molecule has 6 nitrogen and oxygen atoms in total. The maximum atomic E-state index is 13.6. The molecule has 0 heterocycles. The number of ether oxygens (including phenoxy) is 1. The molecule has 0 bridgehead atoms. The molecule has 0 aliphatic heterocycles. The van der Waals surface area contributed by atoms with E-state index in [1.807, 2.05) is 4.72 Å². The second-order valence-corrected chi connectivity index (χ2v) is 6.02. The zero-order chi connectivity index (χ0) is 14.6. The molecule has 1 aromatic carbocycles. The highest BCUT2D eigenvalue weighted by molar-refractivity contribution is 9.10. The van der Waals surface area contributed by atoms with Gasteiger partial charge in [-0.3, -0.25) is 4.79 Å². The van der Waals surface area contributed by atoms with Gasteiger partial charge in [0.05, 0.1) is 6.61 Å². The van der Waals surface area contributed by atoms with Gasteiger partial charge in [0.15, 0.2) is 0 Å². The Morgan fingerprint density at radius 2 is 2.16 bits per heavy atom. The number of halogens is 2. The molecule has 3 N–H and O–H groups in total. The van der Waals surface area contributed by atoms with Crippen LogP contribution < -0.4 is 10.5 Å². The smallest absolute Gasteiger partial charge is 0.321 e. The number of carbonyl (C=O) groups is 1. The predicted molar refractivity (Wildman–Crippen MR) is 70.3 cm³/mol. The van der Waals surface area contributed by atoms with Crippen LogP contribution in [0, 0.1) is 5.82 Å². The van der Waals surface area contributed by atoms with Gasteiger partial charge in [-0.25, -0.2) is 12.8 Å². The van der Waals surface area contributed by atoms with Crippen LogP contribution in [0.5, 0.6) is 0 Å². The molecule has 0 aromatic heterocycles. The third-order valence-corrected chi connectivity index (χ3v) is 4.16. The molecule has 106 valence electrons. The van der Waals surface area contributed by atoms with Crippen LogP contribution in [0.15, 0.2) is 21.5 Å². The Hall–Kier alpha value is -1.19. The van der Waals surface area contributed by atoms with Gasteiger partial charge in [-0.15, -0.1) is 0 Å². The van der Waals surface area contributed by atoms with Crippen molar-refractivity contribution in [3.63, 3.8) is 0 Å². The predicted octanol–water partition coefficient (Wildman–Crippen LogP) is 1.01. The van der Waals surface area contributed by atoms with Crippen molar-refractivity contribution >= 4 is 37.6 Å². The monoisotopic (exact) mass is 354 g/mol. The van der Waals surface area contributed by atoms with Crippen molar-refractivity contribution in [1.82, 2.24) is 4.72 Å². The fourth-order valence-corrected chi connectivity index (χ4v) is 2.57. The Morgan fingerprint density at radius 3 is 2.74 bits per heavy atom. The van der Waals surface area contributed by atoms with Gasteiger partial charge in [-0.05, 0) is 35.0 Å². The maximum absolute atomic E-state index is 13.6. The summed E-state index contributed by atoms with van der Waals surface area (Å²) in [6.45, 7) is 1.13. The van der Waals surface area contributed by atoms with Gasteiger partial charge in [-0.1, -0.05) is 0 Å². The van der Waals surface area contributed by atoms with E-state index in [1.165, 1.54) is 0 Å². The molecular formula is C10H12BrFN2O4S. The third-order valence-electron chi connectivity index (χ3n) is 2.05. The first kappa shape index (κ1) is 15.9. The van der Waals surface area contributed by atoms with E-state index in [4.69, 9.17) is 5.73 Å². The first-order valence-corrected chi connectivity index (χ1v) is 7.45. The molecule has 0 radical (unpaired) electrons. The van der Waals surface area contributed by atoms with E-state index in [0.717, 1.165) is 12.1 Å². The lowest BCUT2D eigenvalue weighted by atomic mass is 10.3. The number of rotatable bonds is 5. The van der Waals surface area contributed by atoms with E-state index in [1.54, 1.807) is 6.92 Å². The number of anilines is 1. The normalized spacial score (nSPS) is 11.3. The van der Waals surface area contributed by atoms with Crippen LogP contribution in [0.2, 0.25) is 0 Å². The fraction of sp³-hybridized carbons (Fsp3) is 0.300. The van der Waals surface area contributed by atoms with Crippen molar-refractivity contribution in [2.45, 2.75) is 11.8 Å². The summed E-state index contributed by atoms with van der Waals surface area (Å²) < 4.78 is 43.9. The number of nitrogens with one attached hydrogen (secondary N) is 1. The van der Waals surface area contributed by atoms with Gasteiger partial charge in [-0.2, -0.15) is 4.72 Å². The number of esters is 1. The molecule has 0 saturated heterocycles. The van der Waals surface area contributed by atoms with Crippen LogP contribution in [0.4, 0.5) is 10.1 Å². The standard InChI is InChI=1S/C10H12BrFN2O4S/c1-2-18-10(15)5-14-19(16,17)9-4-8(13)6(11)3-7(9)12/h3-4,14H,2,5,13H2,1H3. The fourth-order valence-electron chi connectivity index (χ4n) is 1.19. The summed E-state index contributed by atoms with van der Waals surface area (Å²) in [5, 5.41) is 0. The van der Waals surface area contributed by atoms with Gasteiger partial charge in [0, 0.05) is 10.2 Å². The largest absolute Gasteiger partial charge is 0.465 e. The summed E-state index contributed by atoms with van der Waals surface area (Å²) in [6, 6.07) is 1.90. The average Bonchev–Trinajstić information content (AvgIpc) is 2.31. The van der Waals surface area contributed by atoms with Crippen molar-refractivity contribution in [2.24, 2.45) is 0 Å². The van der Waals surface area contributed by atoms with Crippen molar-refractivity contribution in [3.05, 3.63) is 22.4 Å². The second-order valence-electron chi connectivity index (χ2n) is 3.43. The van der Waals surface area contributed by atoms with Crippen LogP contribution in [0.3, 0.4) is 0 Å². The van der Waals surface area contributed by atoms with E-state index in [2.05, 4.69) is 20.7 Å². The minimum atomic E-state index is -4.17. The molecule has 0 atom stereocenters. The van der Waals surface area contributed by atoms with Crippen molar-refractivity contribution in [2.75, 3.05) is 18.9 Å². The summed E-state index contributed by atoms with van der Waals surface area (Å²) in [5.41, 5.74) is 5.56. The summed E-state index contributed by atoms with van der Waals surface area (Å²) >= 11 is 2.98. The molecule has 1 aromatic rings. The van der Waals surface area contributed by atoms with Crippen LogP contribution in [0.25, 0.3) is 0 Å². The summed E-state index contributed by atoms with van der Waals surface area (Å²) in [7, 11) is -4.17. The molecule has 9 heteroatoms. The first-order valence-electron chi connectivity index (χ1n) is 5.17. The van der Waals surface area contributed by atoms with Gasteiger partial charge in [0.1, 0.15) is 17.3 Å². The topological polar surface area (TPSA) is 98.5 Å². The van der Waals surface area contributed by atoms with Crippen LogP contribution in [-0.4, -0.2) is 27.5 Å².